The van der Waals surface area contributed by atoms with E-state index in [2.05, 4.69) is 26.2 Å². The Labute approximate surface area is 125 Å². The molecule has 0 radical (unpaired) electrons. The highest BCUT2D eigenvalue weighted by molar-refractivity contribution is 6.76. The summed E-state index contributed by atoms with van der Waals surface area (Å²) >= 11 is 0. The topological polar surface area (TPSA) is 35.5 Å². The number of allylic oxidation sites excluding steroid dienone is 2. The van der Waals surface area contributed by atoms with Crippen molar-refractivity contribution in [1.82, 2.24) is 0 Å². The Kier molecular flexibility index (Phi) is 10.6. The van der Waals surface area contributed by atoms with Gasteiger partial charge in [-0.2, -0.15) is 0 Å². The minimum atomic E-state index is -1.02. The van der Waals surface area contributed by atoms with E-state index in [-0.39, 0.29) is 11.9 Å². The van der Waals surface area contributed by atoms with Crippen molar-refractivity contribution >= 4 is 13.9 Å². The number of ether oxygens (including phenoxy) is 2. The molecule has 0 aromatic rings. The van der Waals surface area contributed by atoms with Crippen molar-refractivity contribution in [3.05, 3.63) is 24.8 Å². The molecule has 0 spiro atoms. The van der Waals surface area contributed by atoms with Crippen LogP contribution in [0.4, 0.5) is 0 Å². The first-order chi connectivity index (χ1) is 9.35. The number of hydrogen-bond donors (Lipinski definition) is 0. The van der Waals surface area contributed by atoms with Crippen LogP contribution in [0.2, 0.25) is 25.7 Å². The van der Waals surface area contributed by atoms with E-state index in [1.54, 1.807) is 13.0 Å². The van der Waals surface area contributed by atoms with Crippen molar-refractivity contribution in [3.8, 4) is 0 Å². The van der Waals surface area contributed by atoms with Crippen molar-refractivity contribution in [2.24, 2.45) is 0 Å². The summed E-state index contributed by atoms with van der Waals surface area (Å²) in [5.41, 5.74) is 0. The van der Waals surface area contributed by atoms with Crippen molar-refractivity contribution in [1.29, 1.82) is 0 Å². The molecule has 0 fully saturated rings. The molecule has 0 saturated heterocycles. The Balaban J connectivity index is 3.62. The normalized spacial score (nSPS) is 13.6. The number of carbonyl (C=O) groups excluding carboxylic acids is 1. The maximum absolute atomic E-state index is 10.7. The van der Waals surface area contributed by atoms with Crippen LogP contribution in [0.1, 0.15) is 26.2 Å². The van der Waals surface area contributed by atoms with Gasteiger partial charge < -0.3 is 9.47 Å². The summed E-state index contributed by atoms with van der Waals surface area (Å²) in [7, 11) is -1.02. The van der Waals surface area contributed by atoms with E-state index in [1.165, 1.54) is 0 Å². The van der Waals surface area contributed by atoms with E-state index in [4.69, 9.17) is 9.47 Å². The first-order valence-electron chi connectivity index (χ1n) is 7.34. The van der Waals surface area contributed by atoms with Crippen LogP contribution >= 0.6 is 0 Å². The van der Waals surface area contributed by atoms with E-state index in [0.29, 0.717) is 6.79 Å². The minimum absolute atomic E-state index is 0.0348. The predicted octanol–water partition coefficient (Wildman–Crippen LogP) is 4.19. The van der Waals surface area contributed by atoms with E-state index in [0.717, 1.165) is 31.9 Å². The summed E-state index contributed by atoms with van der Waals surface area (Å²) in [6, 6.07) is 1.16. The largest absolute Gasteiger partial charge is 0.356 e. The summed E-state index contributed by atoms with van der Waals surface area (Å²) in [6.07, 6.45) is 8.15. The van der Waals surface area contributed by atoms with Crippen LogP contribution in [-0.4, -0.2) is 33.4 Å². The SMILES string of the molecule is C=C[C@@H](CCC/C=C/C(C)=O)OCOCC[Si](C)(C)C. The molecule has 0 saturated carbocycles. The van der Waals surface area contributed by atoms with Crippen LogP contribution in [0.5, 0.6) is 0 Å². The standard InChI is InChI=1S/C16H30O3Si/c1-6-16(11-9-7-8-10-15(2)17)19-14-18-12-13-20(3,4)5/h6,8,10,16H,1,7,9,11-14H2,2-5H3/b10-8+/t16-/m0/s1. The summed E-state index contributed by atoms with van der Waals surface area (Å²) < 4.78 is 11.1. The maximum atomic E-state index is 10.7. The monoisotopic (exact) mass is 298 g/mol. The second kappa shape index (κ2) is 11.0. The van der Waals surface area contributed by atoms with Gasteiger partial charge in [0.05, 0.1) is 6.10 Å². The van der Waals surface area contributed by atoms with Gasteiger partial charge in [0.15, 0.2) is 5.78 Å². The molecule has 0 N–H and O–H groups in total. The van der Waals surface area contributed by atoms with Gasteiger partial charge in [-0.1, -0.05) is 31.8 Å². The molecule has 116 valence electrons. The van der Waals surface area contributed by atoms with Crippen molar-refractivity contribution in [2.75, 3.05) is 13.4 Å². The average Bonchev–Trinajstić information content (AvgIpc) is 2.33. The van der Waals surface area contributed by atoms with Crippen molar-refractivity contribution in [2.45, 2.75) is 58.0 Å². The van der Waals surface area contributed by atoms with Crippen LogP contribution in [0, 0.1) is 0 Å². The lowest BCUT2D eigenvalue weighted by Crippen LogP contribution is -2.22. The molecule has 3 nitrogen and oxygen atoms in total. The molecule has 0 heterocycles. The lowest BCUT2D eigenvalue weighted by molar-refractivity contribution is -0.112. The van der Waals surface area contributed by atoms with E-state index >= 15 is 0 Å². The Bertz CT molecular complexity index is 305. The van der Waals surface area contributed by atoms with Crippen LogP contribution in [0.3, 0.4) is 0 Å². The third-order valence-corrected chi connectivity index (χ3v) is 4.54. The van der Waals surface area contributed by atoms with Gasteiger partial charge in [-0.05, 0) is 38.3 Å². The summed E-state index contributed by atoms with van der Waals surface area (Å²) in [4.78, 5) is 10.7. The van der Waals surface area contributed by atoms with Gasteiger partial charge in [0.1, 0.15) is 6.79 Å². The molecule has 20 heavy (non-hydrogen) atoms. The molecule has 0 aromatic heterocycles. The minimum Gasteiger partial charge on any atom is -0.356 e. The Morgan fingerprint density at radius 2 is 2.05 bits per heavy atom. The zero-order valence-electron chi connectivity index (χ0n) is 13.5. The molecule has 1 atom stereocenters. The molecule has 0 bridgehead atoms. The molecule has 0 amide bonds. The number of unbranched alkanes of at least 4 members (excludes halogenated alkanes) is 1. The predicted molar refractivity (Wildman–Crippen MR) is 87.7 cm³/mol. The molecule has 0 aromatic carbocycles. The first-order valence-corrected chi connectivity index (χ1v) is 11.0. The van der Waals surface area contributed by atoms with Gasteiger partial charge in [0, 0.05) is 14.7 Å². The van der Waals surface area contributed by atoms with E-state index in [1.807, 2.05) is 12.2 Å². The molecular formula is C16H30O3Si. The van der Waals surface area contributed by atoms with Gasteiger partial charge in [-0.15, -0.1) is 6.58 Å². The number of carbonyl (C=O) groups is 1. The summed E-state index contributed by atoms with van der Waals surface area (Å²) in [5.74, 6) is 0.0947. The number of ketones is 1. The third-order valence-electron chi connectivity index (χ3n) is 2.84. The Hall–Kier alpha value is -0.713. The number of rotatable bonds is 12. The molecule has 0 aliphatic carbocycles. The number of hydrogen-bond acceptors (Lipinski definition) is 3. The summed E-state index contributed by atoms with van der Waals surface area (Å²) in [6.45, 7) is 13.5. The average molecular weight is 298 g/mol. The van der Waals surface area contributed by atoms with Crippen molar-refractivity contribution < 1.29 is 14.3 Å². The Morgan fingerprint density at radius 3 is 2.60 bits per heavy atom. The second-order valence-electron chi connectivity index (χ2n) is 6.22. The molecule has 0 aliphatic rings. The highest BCUT2D eigenvalue weighted by Gasteiger charge is 2.12. The van der Waals surface area contributed by atoms with E-state index < -0.39 is 8.07 Å². The lowest BCUT2D eigenvalue weighted by Gasteiger charge is -2.17. The third kappa shape index (κ3) is 13.7. The quantitative estimate of drug-likeness (QED) is 0.178. The van der Waals surface area contributed by atoms with Crippen LogP contribution in [0.25, 0.3) is 0 Å². The Morgan fingerprint density at radius 1 is 1.35 bits per heavy atom. The van der Waals surface area contributed by atoms with Gasteiger partial charge in [0.2, 0.25) is 0 Å². The molecule has 0 aliphatic heterocycles. The fourth-order valence-electron chi connectivity index (χ4n) is 1.53. The molecule has 0 unspecified atom stereocenters. The second-order valence-corrected chi connectivity index (χ2v) is 11.8. The van der Waals surface area contributed by atoms with Gasteiger partial charge in [0.25, 0.3) is 0 Å². The molecular weight excluding hydrogens is 268 g/mol. The fraction of sp³-hybridized carbons (Fsp3) is 0.688. The highest BCUT2D eigenvalue weighted by Crippen LogP contribution is 2.09. The van der Waals surface area contributed by atoms with Gasteiger partial charge >= 0.3 is 0 Å². The van der Waals surface area contributed by atoms with E-state index in [9.17, 15) is 4.79 Å². The lowest BCUT2D eigenvalue weighted by atomic mass is 10.1. The molecule has 0 rings (SSSR count). The maximum Gasteiger partial charge on any atom is 0.152 e. The highest BCUT2D eigenvalue weighted by atomic mass is 28.3. The zero-order chi connectivity index (χ0) is 15.4. The van der Waals surface area contributed by atoms with Crippen LogP contribution < -0.4 is 0 Å². The molecule has 4 heteroatoms. The van der Waals surface area contributed by atoms with Gasteiger partial charge in [-0.25, -0.2) is 0 Å². The van der Waals surface area contributed by atoms with Gasteiger partial charge in [-0.3, -0.25) is 4.79 Å². The smallest absolute Gasteiger partial charge is 0.152 e. The van der Waals surface area contributed by atoms with Crippen LogP contribution in [-0.2, 0) is 14.3 Å². The summed E-state index contributed by atoms with van der Waals surface area (Å²) in [5, 5.41) is 0. The van der Waals surface area contributed by atoms with Crippen molar-refractivity contribution in [3.63, 3.8) is 0 Å². The van der Waals surface area contributed by atoms with Crippen LogP contribution in [0.15, 0.2) is 24.8 Å². The zero-order valence-corrected chi connectivity index (χ0v) is 14.5. The fourth-order valence-corrected chi connectivity index (χ4v) is 2.28. The first kappa shape index (κ1) is 19.3.